The van der Waals surface area contributed by atoms with Crippen molar-refractivity contribution in [3.8, 4) is 5.75 Å². The summed E-state index contributed by atoms with van der Waals surface area (Å²) in [6.07, 6.45) is 0.304. The standard InChI is InChI=1S/C15H19N3O2/c1-10-4-6-13(7-5-10)20-9-8-14(19)16-15-11(2)17-18-12(15)3/h4-7H,8-9H2,1-3H3,(H,16,19)(H,17,18). The van der Waals surface area contributed by atoms with Crippen LogP contribution < -0.4 is 10.1 Å². The van der Waals surface area contributed by atoms with Gasteiger partial charge in [0.05, 0.1) is 30.1 Å². The van der Waals surface area contributed by atoms with Crippen LogP contribution in [-0.2, 0) is 4.79 Å². The number of nitrogens with zero attached hydrogens (tertiary/aromatic N) is 1. The van der Waals surface area contributed by atoms with Gasteiger partial charge in [-0.05, 0) is 32.9 Å². The van der Waals surface area contributed by atoms with E-state index in [1.807, 2.05) is 45.0 Å². The van der Waals surface area contributed by atoms with Crippen molar-refractivity contribution >= 4 is 11.6 Å². The minimum Gasteiger partial charge on any atom is -0.493 e. The van der Waals surface area contributed by atoms with E-state index < -0.39 is 0 Å². The molecule has 5 heteroatoms. The number of aromatic nitrogens is 2. The first kappa shape index (κ1) is 14.1. The maximum absolute atomic E-state index is 11.8. The molecular formula is C15H19N3O2. The third-order valence-corrected chi connectivity index (χ3v) is 3.01. The summed E-state index contributed by atoms with van der Waals surface area (Å²) in [5, 5.41) is 9.71. The second kappa shape index (κ2) is 6.23. The normalized spacial score (nSPS) is 10.3. The van der Waals surface area contributed by atoms with Crippen LogP contribution in [0.2, 0.25) is 0 Å². The molecule has 0 saturated heterocycles. The first-order valence-corrected chi connectivity index (χ1v) is 6.57. The number of H-pyrrole nitrogens is 1. The number of ether oxygens (including phenoxy) is 1. The van der Waals surface area contributed by atoms with Crippen molar-refractivity contribution < 1.29 is 9.53 Å². The fraction of sp³-hybridized carbons (Fsp3) is 0.333. The molecule has 1 aromatic heterocycles. The van der Waals surface area contributed by atoms with Crippen molar-refractivity contribution in [1.82, 2.24) is 10.2 Å². The molecule has 0 atom stereocenters. The van der Waals surface area contributed by atoms with Crippen molar-refractivity contribution in [3.05, 3.63) is 41.2 Å². The molecule has 1 amide bonds. The topological polar surface area (TPSA) is 67.0 Å². The number of hydrogen-bond acceptors (Lipinski definition) is 3. The van der Waals surface area contributed by atoms with E-state index in [-0.39, 0.29) is 5.91 Å². The predicted octanol–water partition coefficient (Wildman–Crippen LogP) is 2.74. The van der Waals surface area contributed by atoms with Crippen LogP contribution in [0.25, 0.3) is 0 Å². The monoisotopic (exact) mass is 273 g/mol. The molecule has 0 aliphatic rings. The van der Waals surface area contributed by atoms with Gasteiger partial charge in [0.25, 0.3) is 0 Å². The highest BCUT2D eigenvalue weighted by molar-refractivity contribution is 5.91. The Morgan fingerprint density at radius 1 is 1.25 bits per heavy atom. The van der Waals surface area contributed by atoms with Crippen LogP contribution in [0, 0.1) is 20.8 Å². The van der Waals surface area contributed by atoms with E-state index in [9.17, 15) is 4.79 Å². The molecule has 1 heterocycles. The highest BCUT2D eigenvalue weighted by Crippen LogP contribution is 2.16. The number of carbonyl (C=O) groups is 1. The SMILES string of the molecule is Cc1ccc(OCCC(=O)Nc2c(C)n[nH]c2C)cc1. The van der Waals surface area contributed by atoms with Crippen molar-refractivity contribution in [3.63, 3.8) is 0 Å². The minimum atomic E-state index is -0.0790. The van der Waals surface area contributed by atoms with Crippen molar-refractivity contribution in [2.75, 3.05) is 11.9 Å². The number of carbonyl (C=O) groups excluding carboxylic acids is 1. The third-order valence-electron chi connectivity index (χ3n) is 3.01. The van der Waals surface area contributed by atoms with Crippen LogP contribution in [0.15, 0.2) is 24.3 Å². The van der Waals surface area contributed by atoms with Crippen LogP contribution in [-0.4, -0.2) is 22.7 Å². The van der Waals surface area contributed by atoms with E-state index >= 15 is 0 Å². The summed E-state index contributed by atoms with van der Waals surface area (Å²) in [5.41, 5.74) is 3.58. The molecule has 0 radical (unpaired) electrons. The number of aryl methyl sites for hydroxylation is 3. The lowest BCUT2D eigenvalue weighted by Crippen LogP contribution is -2.16. The maximum atomic E-state index is 11.8. The van der Waals surface area contributed by atoms with Gasteiger partial charge in [0.1, 0.15) is 5.75 Å². The molecule has 2 rings (SSSR count). The zero-order chi connectivity index (χ0) is 14.5. The number of nitrogens with one attached hydrogen (secondary N) is 2. The fourth-order valence-corrected chi connectivity index (χ4v) is 1.83. The van der Waals surface area contributed by atoms with Crippen LogP contribution in [0.5, 0.6) is 5.75 Å². The zero-order valence-electron chi connectivity index (χ0n) is 12.0. The Bertz CT molecular complexity index is 568. The highest BCUT2D eigenvalue weighted by atomic mass is 16.5. The number of rotatable bonds is 5. The maximum Gasteiger partial charge on any atom is 0.227 e. The molecule has 0 aliphatic heterocycles. The molecule has 1 aromatic carbocycles. The van der Waals surface area contributed by atoms with Gasteiger partial charge in [0.15, 0.2) is 0 Å². The molecule has 2 aromatic rings. The lowest BCUT2D eigenvalue weighted by Gasteiger charge is -2.07. The van der Waals surface area contributed by atoms with Gasteiger partial charge >= 0.3 is 0 Å². The van der Waals surface area contributed by atoms with E-state index in [1.54, 1.807) is 0 Å². The van der Waals surface area contributed by atoms with Gasteiger partial charge in [-0.1, -0.05) is 17.7 Å². The van der Waals surface area contributed by atoms with E-state index in [2.05, 4.69) is 15.5 Å². The summed E-state index contributed by atoms with van der Waals surface area (Å²) in [5.74, 6) is 0.698. The smallest absolute Gasteiger partial charge is 0.227 e. The fourth-order valence-electron chi connectivity index (χ4n) is 1.83. The van der Waals surface area contributed by atoms with Gasteiger partial charge in [-0.3, -0.25) is 9.89 Å². The first-order valence-electron chi connectivity index (χ1n) is 6.57. The van der Waals surface area contributed by atoms with E-state index in [0.29, 0.717) is 13.0 Å². The molecular weight excluding hydrogens is 254 g/mol. The van der Waals surface area contributed by atoms with Gasteiger partial charge in [-0.15, -0.1) is 0 Å². The Morgan fingerprint density at radius 2 is 1.95 bits per heavy atom. The van der Waals surface area contributed by atoms with E-state index in [1.165, 1.54) is 5.56 Å². The summed E-state index contributed by atoms with van der Waals surface area (Å²) >= 11 is 0. The molecule has 106 valence electrons. The lowest BCUT2D eigenvalue weighted by molar-refractivity contribution is -0.116. The minimum absolute atomic E-state index is 0.0790. The zero-order valence-corrected chi connectivity index (χ0v) is 12.0. The quantitative estimate of drug-likeness (QED) is 0.880. The number of hydrogen-bond donors (Lipinski definition) is 2. The molecule has 5 nitrogen and oxygen atoms in total. The number of aromatic amines is 1. The number of amides is 1. The van der Waals surface area contributed by atoms with Crippen molar-refractivity contribution in [2.24, 2.45) is 0 Å². The average molecular weight is 273 g/mol. The highest BCUT2D eigenvalue weighted by Gasteiger charge is 2.10. The Hall–Kier alpha value is -2.30. The predicted molar refractivity (Wildman–Crippen MR) is 78.0 cm³/mol. The van der Waals surface area contributed by atoms with Crippen LogP contribution in [0.1, 0.15) is 23.4 Å². The molecule has 0 spiro atoms. The van der Waals surface area contributed by atoms with Gasteiger partial charge in [0.2, 0.25) is 5.91 Å². The number of anilines is 1. The molecule has 0 saturated carbocycles. The first-order chi connectivity index (χ1) is 9.56. The average Bonchev–Trinajstić information content (AvgIpc) is 2.73. The van der Waals surface area contributed by atoms with E-state index in [0.717, 1.165) is 22.8 Å². The van der Waals surface area contributed by atoms with Crippen LogP contribution in [0.4, 0.5) is 5.69 Å². The molecule has 0 unspecified atom stereocenters. The summed E-state index contributed by atoms with van der Waals surface area (Å²) < 4.78 is 5.53. The van der Waals surface area contributed by atoms with E-state index in [4.69, 9.17) is 4.74 Å². The summed E-state index contributed by atoms with van der Waals surface area (Å²) in [4.78, 5) is 11.8. The second-order valence-corrected chi connectivity index (χ2v) is 4.77. The lowest BCUT2D eigenvalue weighted by atomic mass is 10.2. The number of benzene rings is 1. The van der Waals surface area contributed by atoms with Gasteiger partial charge in [-0.25, -0.2) is 0 Å². The van der Waals surface area contributed by atoms with Crippen molar-refractivity contribution in [1.29, 1.82) is 0 Å². The molecule has 0 bridgehead atoms. The Balaban J connectivity index is 1.80. The molecule has 20 heavy (non-hydrogen) atoms. The summed E-state index contributed by atoms with van der Waals surface area (Å²) in [6, 6.07) is 7.76. The second-order valence-electron chi connectivity index (χ2n) is 4.77. The molecule has 0 aliphatic carbocycles. The van der Waals surface area contributed by atoms with Crippen LogP contribution in [0.3, 0.4) is 0 Å². The molecule has 0 fully saturated rings. The van der Waals surface area contributed by atoms with Gasteiger partial charge < -0.3 is 10.1 Å². The summed E-state index contributed by atoms with van der Waals surface area (Å²) in [6.45, 7) is 6.10. The largest absolute Gasteiger partial charge is 0.493 e. The van der Waals surface area contributed by atoms with Crippen LogP contribution >= 0.6 is 0 Å². The Morgan fingerprint density at radius 3 is 2.55 bits per heavy atom. The summed E-state index contributed by atoms with van der Waals surface area (Å²) in [7, 11) is 0. The van der Waals surface area contributed by atoms with Gasteiger partial charge in [0, 0.05) is 0 Å². The van der Waals surface area contributed by atoms with Crippen molar-refractivity contribution in [2.45, 2.75) is 27.2 Å². The Labute approximate surface area is 118 Å². The third kappa shape index (κ3) is 3.60. The van der Waals surface area contributed by atoms with Gasteiger partial charge in [-0.2, -0.15) is 5.10 Å². The molecule has 2 N–H and O–H groups in total. The Kier molecular flexibility index (Phi) is 4.40.